The molecule has 0 aromatic carbocycles. The molecule has 0 rings (SSSR count). The summed E-state index contributed by atoms with van der Waals surface area (Å²) in [5.74, 6) is -0.0439. The van der Waals surface area contributed by atoms with E-state index in [2.05, 4.69) is 33.0 Å². The molecule has 0 saturated heterocycles. The van der Waals surface area contributed by atoms with Gasteiger partial charge in [0.2, 0.25) is 0 Å². The molecule has 0 fully saturated rings. The molecule has 0 spiro atoms. The summed E-state index contributed by atoms with van der Waals surface area (Å²) in [5, 5.41) is 3.52. The first-order valence-electron chi connectivity index (χ1n) is 10.4. The van der Waals surface area contributed by atoms with Gasteiger partial charge >= 0.3 is 5.97 Å². The number of hydrogen-bond acceptors (Lipinski definition) is 3. The van der Waals surface area contributed by atoms with Crippen molar-refractivity contribution in [1.29, 1.82) is 0 Å². The van der Waals surface area contributed by atoms with Crippen LogP contribution in [0.15, 0.2) is 0 Å². The van der Waals surface area contributed by atoms with Gasteiger partial charge < -0.3 is 10.1 Å². The predicted molar refractivity (Wildman–Crippen MR) is 104 cm³/mol. The molecule has 0 amide bonds. The van der Waals surface area contributed by atoms with Crippen molar-refractivity contribution in [3.8, 4) is 0 Å². The lowest BCUT2D eigenvalue weighted by Crippen LogP contribution is -2.26. The summed E-state index contributed by atoms with van der Waals surface area (Å²) in [6.07, 6.45) is 14.1. The summed E-state index contributed by atoms with van der Waals surface area (Å²) in [5.41, 5.74) is 0.483. The van der Waals surface area contributed by atoms with Gasteiger partial charge in [-0.25, -0.2) is 0 Å². The Morgan fingerprint density at radius 3 is 2.17 bits per heavy atom. The van der Waals surface area contributed by atoms with E-state index in [-0.39, 0.29) is 5.97 Å². The number of carbonyl (C=O) groups is 1. The second kappa shape index (κ2) is 15.9. The molecule has 1 atom stereocenters. The largest absolute Gasteiger partial charge is 0.466 e. The number of nitrogens with one attached hydrogen (secondary N) is 1. The van der Waals surface area contributed by atoms with Gasteiger partial charge in [-0.1, -0.05) is 66.2 Å². The van der Waals surface area contributed by atoms with Crippen LogP contribution in [0, 0.1) is 5.41 Å². The summed E-state index contributed by atoms with van der Waals surface area (Å²) >= 11 is 0. The summed E-state index contributed by atoms with van der Waals surface area (Å²) in [6.45, 7) is 11.7. The number of unbranched alkanes of at least 4 members (excludes halogenated alkanes) is 4. The van der Waals surface area contributed by atoms with Crippen LogP contribution >= 0.6 is 0 Å². The van der Waals surface area contributed by atoms with Gasteiger partial charge in [0.15, 0.2) is 0 Å². The van der Waals surface area contributed by atoms with Crippen molar-refractivity contribution in [3.63, 3.8) is 0 Å². The number of ether oxygens (including phenoxy) is 1. The number of carbonyl (C=O) groups excluding carboxylic acids is 1. The first-order valence-corrected chi connectivity index (χ1v) is 10.4. The molecular formula is C21H43NO2. The van der Waals surface area contributed by atoms with Gasteiger partial charge in [-0.3, -0.25) is 4.79 Å². The van der Waals surface area contributed by atoms with E-state index >= 15 is 0 Å². The first-order chi connectivity index (χ1) is 11.6. The molecule has 0 aliphatic heterocycles. The maximum Gasteiger partial charge on any atom is 0.305 e. The van der Waals surface area contributed by atoms with Crippen LogP contribution in [-0.4, -0.2) is 25.7 Å². The molecule has 0 radical (unpaired) electrons. The molecule has 24 heavy (non-hydrogen) atoms. The molecule has 0 aliphatic rings. The zero-order valence-corrected chi connectivity index (χ0v) is 16.9. The maximum atomic E-state index is 11.5. The van der Waals surface area contributed by atoms with Gasteiger partial charge in [0.25, 0.3) is 0 Å². The standard InChI is InChI=1S/C21H43NO2/c1-5-8-11-15-21(4,14-9-6-2)16-18-22-17-12-13-20(23)24-19-10-7-3/h22H,5-19H2,1-4H3. The third-order valence-corrected chi connectivity index (χ3v) is 4.92. The Balaban J connectivity index is 3.79. The van der Waals surface area contributed by atoms with E-state index < -0.39 is 0 Å². The van der Waals surface area contributed by atoms with Gasteiger partial charge in [0.05, 0.1) is 6.61 Å². The third kappa shape index (κ3) is 13.8. The molecule has 1 N–H and O–H groups in total. The fourth-order valence-corrected chi connectivity index (χ4v) is 3.06. The van der Waals surface area contributed by atoms with Crippen LogP contribution in [0.4, 0.5) is 0 Å². The van der Waals surface area contributed by atoms with Crippen molar-refractivity contribution in [2.24, 2.45) is 5.41 Å². The molecule has 1 unspecified atom stereocenters. The quantitative estimate of drug-likeness (QED) is 0.266. The fraction of sp³-hybridized carbons (Fsp3) is 0.952. The average Bonchev–Trinajstić information content (AvgIpc) is 2.57. The van der Waals surface area contributed by atoms with Crippen LogP contribution in [0.1, 0.15) is 105 Å². The Kier molecular flexibility index (Phi) is 15.6. The second-order valence-electron chi connectivity index (χ2n) is 7.55. The molecule has 0 aromatic heterocycles. The van der Waals surface area contributed by atoms with Crippen molar-refractivity contribution in [2.45, 2.75) is 105 Å². The van der Waals surface area contributed by atoms with E-state index in [1.807, 2.05) is 0 Å². The second-order valence-corrected chi connectivity index (χ2v) is 7.55. The summed E-state index contributed by atoms with van der Waals surface area (Å²) < 4.78 is 5.18. The molecule has 144 valence electrons. The van der Waals surface area contributed by atoms with E-state index in [1.165, 1.54) is 51.4 Å². The molecule has 3 heteroatoms. The first kappa shape index (κ1) is 23.4. The number of hydrogen-bond donors (Lipinski definition) is 1. The summed E-state index contributed by atoms with van der Waals surface area (Å²) in [4.78, 5) is 11.5. The van der Waals surface area contributed by atoms with Gasteiger partial charge in [0, 0.05) is 6.42 Å². The van der Waals surface area contributed by atoms with Crippen LogP contribution in [0.3, 0.4) is 0 Å². The summed E-state index contributed by atoms with van der Waals surface area (Å²) in [6, 6.07) is 0. The normalized spacial score (nSPS) is 13.7. The van der Waals surface area contributed by atoms with Crippen molar-refractivity contribution >= 4 is 5.97 Å². The zero-order valence-electron chi connectivity index (χ0n) is 16.9. The van der Waals surface area contributed by atoms with Crippen LogP contribution in [0.25, 0.3) is 0 Å². The maximum absolute atomic E-state index is 11.5. The third-order valence-electron chi connectivity index (χ3n) is 4.92. The number of rotatable bonds is 17. The molecule has 0 aromatic rings. The Labute approximate surface area is 151 Å². The monoisotopic (exact) mass is 341 g/mol. The molecule has 0 bridgehead atoms. The lowest BCUT2D eigenvalue weighted by molar-refractivity contribution is -0.143. The van der Waals surface area contributed by atoms with E-state index in [1.54, 1.807) is 0 Å². The predicted octanol–water partition coefficient (Wildman–Crippen LogP) is 5.87. The van der Waals surface area contributed by atoms with Crippen molar-refractivity contribution < 1.29 is 9.53 Å². The lowest BCUT2D eigenvalue weighted by atomic mass is 9.77. The zero-order chi connectivity index (χ0) is 18.1. The van der Waals surface area contributed by atoms with E-state index in [9.17, 15) is 4.79 Å². The Morgan fingerprint density at radius 1 is 0.833 bits per heavy atom. The van der Waals surface area contributed by atoms with Crippen LogP contribution < -0.4 is 5.32 Å². The van der Waals surface area contributed by atoms with Gasteiger partial charge in [-0.2, -0.15) is 0 Å². The molecule has 0 aliphatic carbocycles. The molecule has 0 saturated carbocycles. The van der Waals surface area contributed by atoms with Crippen LogP contribution in [0.5, 0.6) is 0 Å². The highest BCUT2D eigenvalue weighted by molar-refractivity contribution is 5.69. The van der Waals surface area contributed by atoms with Crippen LogP contribution in [-0.2, 0) is 9.53 Å². The Hall–Kier alpha value is -0.570. The van der Waals surface area contributed by atoms with Crippen LogP contribution in [0.2, 0.25) is 0 Å². The van der Waals surface area contributed by atoms with E-state index in [0.29, 0.717) is 18.4 Å². The van der Waals surface area contributed by atoms with E-state index in [0.717, 1.165) is 32.4 Å². The highest BCUT2D eigenvalue weighted by Gasteiger charge is 2.22. The minimum absolute atomic E-state index is 0.0439. The van der Waals surface area contributed by atoms with Crippen molar-refractivity contribution in [3.05, 3.63) is 0 Å². The average molecular weight is 342 g/mol. The lowest BCUT2D eigenvalue weighted by Gasteiger charge is -2.30. The van der Waals surface area contributed by atoms with Gasteiger partial charge in [-0.05, 0) is 50.6 Å². The molecular weight excluding hydrogens is 298 g/mol. The highest BCUT2D eigenvalue weighted by atomic mass is 16.5. The number of esters is 1. The highest BCUT2D eigenvalue weighted by Crippen LogP contribution is 2.34. The topological polar surface area (TPSA) is 38.3 Å². The minimum atomic E-state index is -0.0439. The van der Waals surface area contributed by atoms with Crippen molar-refractivity contribution in [1.82, 2.24) is 5.32 Å². The Morgan fingerprint density at radius 2 is 1.50 bits per heavy atom. The summed E-state index contributed by atoms with van der Waals surface area (Å²) in [7, 11) is 0. The SMILES string of the molecule is CCCCCC(C)(CCCC)CCNCCCC(=O)OCCCC. The molecule has 3 nitrogen and oxygen atoms in total. The Bertz CT molecular complexity index is 294. The van der Waals surface area contributed by atoms with Gasteiger partial charge in [0.1, 0.15) is 0 Å². The van der Waals surface area contributed by atoms with Crippen molar-refractivity contribution in [2.75, 3.05) is 19.7 Å². The smallest absolute Gasteiger partial charge is 0.305 e. The van der Waals surface area contributed by atoms with Gasteiger partial charge in [-0.15, -0.1) is 0 Å². The fourth-order valence-electron chi connectivity index (χ4n) is 3.06. The molecule has 0 heterocycles. The minimum Gasteiger partial charge on any atom is -0.466 e. The van der Waals surface area contributed by atoms with E-state index in [4.69, 9.17) is 4.74 Å².